The highest BCUT2D eigenvalue weighted by Crippen LogP contribution is 2.28. The van der Waals surface area contributed by atoms with Crippen LogP contribution in [0.15, 0.2) is 66.7 Å². The molecule has 2 amide bonds. The van der Waals surface area contributed by atoms with Gasteiger partial charge in [-0.25, -0.2) is 14.6 Å². The van der Waals surface area contributed by atoms with Gasteiger partial charge in [-0.1, -0.05) is 55.8 Å². The van der Waals surface area contributed by atoms with Gasteiger partial charge in [0.2, 0.25) is 0 Å². The lowest BCUT2D eigenvalue weighted by molar-refractivity contribution is 0.00704. The zero-order chi connectivity index (χ0) is 26.6. The molecular formula is C30H34N4O3. The fraction of sp³-hybridized carbons (Fsp3) is 0.300. The molecule has 1 heterocycles. The van der Waals surface area contributed by atoms with Gasteiger partial charge in [0, 0.05) is 18.7 Å². The number of aryl methyl sites for hydroxylation is 1. The number of nitrogens with two attached hydrogens (primary N) is 1. The van der Waals surface area contributed by atoms with Crippen molar-refractivity contribution in [1.29, 1.82) is 0 Å². The Morgan fingerprint density at radius 3 is 2.43 bits per heavy atom. The number of unbranched alkanes of at least 4 members (excludes halogenated alkanes) is 1. The van der Waals surface area contributed by atoms with Crippen LogP contribution in [0, 0.1) is 0 Å². The topological polar surface area (TPSA) is 99.2 Å². The van der Waals surface area contributed by atoms with E-state index in [0.717, 1.165) is 52.8 Å². The van der Waals surface area contributed by atoms with Crippen molar-refractivity contribution >= 4 is 28.7 Å². The third kappa shape index (κ3) is 6.36. The van der Waals surface area contributed by atoms with Crippen LogP contribution in [-0.4, -0.2) is 27.2 Å². The first kappa shape index (κ1) is 25.9. The first-order valence-electron chi connectivity index (χ1n) is 12.6. The summed E-state index contributed by atoms with van der Waals surface area (Å²) in [6.07, 6.45) is 2.98. The van der Waals surface area contributed by atoms with Gasteiger partial charge in [0.05, 0.1) is 16.6 Å². The van der Waals surface area contributed by atoms with Gasteiger partial charge in [-0.2, -0.15) is 0 Å². The van der Waals surface area contributed by atoms with Gasteiger partial charge in [-0.05, 0) is 68.1 Å². The minimum absolute atomic E-state index is 0.335. The molecule has 0 radical (unpaired) electrons. The number of amides is 2. The lowest BCUT2D eigenvalue weighted by atomic mass is 9.98. The Labute approximate surface area is 217 Å². The Hall–Kier alpha value is -4.13. The number of benzene rings is 3. The van der Waals surface area contributed by atoms with Crippen molar-refractivity contribution in [1.82, 2.24) is 9.55 Å². The molecule has 0 fully saturated rings. The molecule has 0 aliphatic carbocycles. The number of aromatic nitrogens is 2. The summed E-state index contributed by atoms with van der Waals surface area (Å²) < 4.78 is 7.81. The highest BCUT2D eigenvalue weighted by atomic mass is 16.6. The average Bonchev–Trinajstić information content (AvgIpc) is 3.18. The fourth-order valence-corrected chi connectivity index (χ4v) is 4.31. The van der Waals surface area contributed by atoms with Crippen molar-refractivity contribution in [3.05, 3.63) is 83.7 Å². The van der Waals surface area contributed by atoms with Crippen molar-refractivity contribution in [3.8, 4) is 11.1 Å². The number of carbonyl (C=O) groups is 2. The van der Waals surface area contributed by atoms with E-state index in [4.69, 9.17) is 15.5 Å². The number of nitrogens with zero attached hydrogens (tertiary/aromatic N) is 2. The Kier molecular flexibility index (Phi) is 7.62. The molecule has 192 valence electrons. The summed E-state index contributed by atoms with van der Waals surface area (Å²) in [5.41, 5.74) is 10.6. The van der Waals surface area contributed by atoms with Crippen LogP contribution in [-0.2, 0) is 17.7 Å². The third-order valence-corrected chi connectivity index (χ3v) is 6.00. The van der Waals surface area contributed by atoms with Gasteiger partial charge in [0.15, 0.2) is 0 Å². The molecule has 0 unspecified atom stereocenters. The number of carbonyl (C=O) groups excluding carboxylic acids is 2. The molecule has 7 heteroatoms. The Morgan fingerprint density at radius 2 is 1.76 bits per heavy atom. The van der Waals surface area contributed by atoms with Crippen LogP contribution >= 0.6 is 0 Å². The molecule has 4 rings (SSSR count). The first-order valence-corrected chi connectivity index (χ1v) is 12.6. The van der Waals surface area contributed by atoms with Crippen molar-refractivity contribution < 1.29 is 14.3 Å². The zero-order valence-electron chi connectivity index (χ0n) is 21.9. The summed E-state index contributed by atoms with van der Waals surface area (Å²) in [7, 11) is 0. The van der Waals surface area contributed by atoms with E-state index in [2.05, 4.69) is 28.9 Å². The summed E-state index contributed by atoms with van der Waals surface area (Å²) in [4.78, 5) is 29.0. The van der Waals surface area contributed by atoms with Gasteiger partial charge in [-0.3, -0.25) is 0 Å². The molecule has 7 nitrogen and oxygen atoms in total. The number of hydrogen-bond acceptors (Lipinski definition) is 4. The highest BCUT2D eigenvalue weighted by Gasteiger charge is 2.20. The molecule has 0 aliphatic heterocycles. The lowest BCUT2D eigenvalue weighted by Gasteiger charge is -2.20. The maximum absolute atomic E-state index is 12.8. The van der Waals surface area contributed by atoms with Crippen LogP contribution < -0.4 is 11.1 Å². The van der Waals surface area contributed by atoms with E-state index >= 15 is 0 Å². The van der Waals surface area contributed by atoms with Crippen molar-refractivity contribution in [3.63, 3.8) is 0 Å². The average molecular weight is 499 g/mol. The monoisotopic (exact) mass is 498 g/mol. The quantitative estimate of drug-likeness (QED) is 0.269. The van der Waals surface area contributed by atoms with E-state index in [9.17, 15) is 9.59 Å². The van der Waals surface area contributed by atoms with Crippen molar-refractivity contribution in [2.24, 2.45) is 5.73 Å². The molecule has 0 aliphatic rings. The van der Waals surface area contributed by atoms with E-state index in [1.807, 2.05) is 69.3 Å². The summed E-state index contributed by atoms with van der Waals surface area (Å²) in [5.74, 6) is 0.672. The van der Waals surface area contributed by atoms with Crippen molar-refractivity contribution in [2.45, 2.75) is 59.1 Å². The standard InChI is InChI=1S/C30H34N4O3/c1-5-6-11-27-33-25-17-16-22(32-29(31)36)18-26(25)34(27)19-20-12-14-21(15-13-20)23-9-7-8-10-24(23)28(35)37-30(2,3)4/h7-10,12-18H,5-6,11,19H2,1-4H3,(H3,31,32,36). The fourth-order valence-electron chi connectivity index (χ4n) is 4.31. The smallest absolute Gasteiger partial charge is 0.339 e. The molecule has 37 heavy (non-hydrogen) atoms. The molecule has 0 atom stereocenters. The molecule has 0 saturated carbocycles. The maximum atomic E-state index is 12.8. The number of hydrogen-bond donors (Lipinski definition) is 2. The van der Waals surface area contributed by atoms with Gasteiger partial charge in [0.25, 0.3) is 0 Å². The van der Waals surface area contributed by atoms with E-state index in [-0.39, 0.29) is 5.97 Å². The molecule has 1 aromatic heterocycles. The van der Waals surface area contributed by atoms with E-state index in [1.54, 1.807) is 6.07 Å². The number of fused-ring (bicyclic) bond motifs is 1. The largest absolute Gasteiger partial charge is 0.456 e. The molecule has 0 saturated heterocycles. The first-order chi connectivity index (χ1) is 17.6. The van der Waals surface area contributed by atoms with Crippen LogP contribution in [0.1, 0.15) is 62.3 Å². The van der Waals surface area contributed by atoms with Crippen LogP contribution in [0.5, 0.6) is 0 Å². The molecule has 3 aromatic carbocycles. The minimum atomic E-state index is -0.598. The van der Waals surface area contributed by atoms with Gasteiger partial charge in [-0.15, -0.1) is 0 Å². The lowest BCUT2D eigenvalue weighted by Crippen LogP contribution is -2.24. The number of nitrogens with one attached hydrogen (secondary N) is 1. The Morgan fingerprint density at radius 1 is 1.03 bits per heavy atom. The number of esters is 1. The zero-order valence-corrected chi connectivity index (χ0v) is 21.9. The predicted molar refractivity (Wildman–Crippen MR) is 148 cm³/mol. The van der Waals surface area contributed by atoms with E-state index < -0.39 is 11.6 Å². The number of imidazole rings is 1. The van der Waals surface area contributed by atoms with E-state index in [1.165, 1.54) is 0 Å². The normalized spacial score (nSPS) is 11.5. The SMILES string of the molecule is CCCCc1nc2ccc(NC(N)=O)cc2n1Cc1ccc(-c2ccccc2C(=O)OC(C)(C)C)cc1. The van der Waals surface area contributed by atoms with Crippen molar-refractivity contribution in [2.75, 3.05) is 5.32 Å². The highest BCUT2D eigenvalue weighted by molar-refractivity contribution is 5.97. The second-order valence-electron chi connectivity index (χ2n) is 10.2. The van der Waals surface area contributed by atoms with Gasteiger partial charge < -0.3 is 20.4 Å². The Bertz CT molecular complexity index is 1420. The summed E-state index contributed by atoms with van der Waals surface area (Å²) in [6, 6.07) is 20.7. The number of anilines is 1. The van der Waals surface area contributed by atoms with Crippen LogP contribution in [0.4, 0.5) is 10.5 Å². The molecular weight excluding hydrogens is 464 g/mol. The molecule has 0 spiro atoms. The number of primary amides is 1. The maximum Gasteiger partial charge on any atom is 0.339 e. The molecule has 0 bridgehead atoms. The predicted octanol–water partition coefficient (Wildman–Crippen LogP) is 6.54. The summed E-state index contributed by atoms with van der Waals surface area (Å²) in [6.45, 7) is 8.39. The van der Waals surface area contributed by atoms with Crippen LogP contribution in [0.25, 0.3) is 22.2 Å². The second-order valence-corrected chi connectivity index (χ2v) is 10.2. The number of urea groups is 1. The molecule has 4 aromatic rings. The van der Waals surface area contributed by atoms with Gasteiger partial charge >= 0.3 is 12.0 Å². The summed E-state index contributed by atoms with van der Waals surface area (Å²) >= 11 is 0. The van der Waals surface area contributed by atoms with Gasteiger partial charge in [0.1, 0.15) is 11.4 Å². The molecule has 3 N–H and O–H groups in total. The van der Waals surface area contributed by atoms with E-state index in [0.29, 0.717) is 17.8 Å². The Balaban J connectivity index is 1.65. The number of ether oxygens (including phenoxy) is 1. The summed E-state index contributed by atoms with van der Waals surface area (Å²) in [5, 5.41) is 2.65. The number of rotatable bonds is 8. The minimum Gasteiger partial charge on any atom is -0.456 e. The van der Waals surface area contributed by atoms with Crippen LogP contribution in [0.2, 0.25) is 0 Å². The van der Waals surface area contributed by atoms with Crippen LogP contribution in [0.3, 0.4) is 0 Å². The second kappa shape index (κ2) is 10.9. The third-order valence-electron chi connectivity index (χ3n) is 6.00.